The van der Waals surface area contributed by atoms with E-state index in [2.05, 4.69) is 5.10 Å². The molecule has 0 spiro atoms. The summed E-state index contributed by atoms with van der Waals surface area (Å²) < 4.78 is 12.3. The van der Waals surface area contributed by atoms with Gasteiger partial charge in [-0.05, 0) is 31.0 Å². The molecule has 1 fully saturated rings. The first-order valence-electron chi connectivity index (χ1n) is 11.1. The average molecular weight is 496 g/mol. The van der Waals surface area contributed by atoms with Crippen molar-refractivity contribution in [3.8, 4) is 22.8 Å². The van der Waals surface area contributed by atoms with Gasteiger partial charge >= 0.3 is 0 Å². The van der Waals surface area contributed by atoms with Crippen molar-refractivity contribution in [2.24, 2.45) is 10.1 Å². The van der Waals surface area contributed by atoms with E-state index in [1.54, 1.807) is 16.8 Å². The van der Waals surface area contributed by atoms with E-state index in [4.69, 9.17) is 14.5 Å². The van der Waals surface area contributed by atoms with Gasteiger partial charge in [0.25, 0.3) is 11.4 Å². The Bertz CT molecular complexity index is 1370. The van der Waals surface area contributed by atoms with Crippen LogP contribution in [0.2, 0.25) is 0 Å². The second kappa shape index (κ2) is 9.66. The molecule has 0 unspecified atom stereocenters. The van der Waals surface area contributed by atoms with Crippen LogP contribution in [0.1, 0.15) is 37.7 Å². The summed E-state index contributed by atoms with van der Waals surface area (Å²) >= 11 is 1.41. The van der Waals surface area contributed by atoms with Crippen LogP contribution in [-0.2, 0) is 0 Å². The first-order valence-corrected chi connectivity index (χ1v) is 12.0. The van der Waals surface area contributed by atoms with Gasteiger partial charge in [-0.3, -0.25) is 25.2 Å². The van der Waals surface area contributed by atoms with Gasteiger partial charge in [-0.1, -0.05) is 19.3 Å². The average Bonchev–Trinajstić information content (AvgIpc) is 3.49. The van der Waals surface area contributed by atoms with Crippen molar-refractivity contribution in [2.45, 2.75) is 38.1 Å². The predicted octanol–water partition coefficient (Wildman–Crippen LogP) is 4.88. The molecule has 0 atom stereocenters. The lowest BCUT2D eigenvalue weighted by Crippen LogP contribution is -2.19. The van der Waals surface area contributed by atoms with E-state index in [0.29, 0.717) is 27.6 Å². The third kappa shape index (κ3) is 4.78. The molecule has 1 aromatic heterocycles. The largest absolute Gasteiger partial charge is 0.454 e. The third-order valence-electron chi connectivity index (χ3n) is 5.96. The van der Waals surface area contributed by atoms with E-state index in [0.717, 1.165) is 25.7 Å². The number of nitrogens with zero attached hydrogens (tertiary/aromatic N) is 5. The van der Waals surface area contributed by atoms with Crippen LogP contribution in [0.3, 0.4) is 0 Å². The van der Waals surface area contributed by atoms with E-state index >= 15 is 0 Å². The lowest BCUT2D eigenvalue weighted by molar-refractivity contribution is -0.385. The molecule has 1 aliphatic carbocycles. The number of benzene rings is 2. The van der Waals surface area contributed by atoms with Crippen molar-refractivity contribution in [1.29, 1.82) is 0 Å². The number of nitro groups is 2. The van der Waals surface area contributed by atoms with Gasteiger partial charge in [0.2, 0.25) is 11.6 Å². The molecule has 2 aromatic carbocycles. The highest BCUT2D eigenvalue weighted by atomic mass is 32.1. The Hall–Kier alpha value is -4.06. The van der Waals surface area contributed by atoms with E-state index in [1.165, 1.54) is 48.2 Å². The highest BCUT2D eigenvalue weighted by Crippen LogP contribution is 2.37. The highest BCUT2D eigenvalue weighted by molar-refractivity contribution is 7.07. The van der Waals surface area contributed by atoms with Gasteiger partial charge in [-0.15, -0.1) is 11.3 Å². The Balaban J connectivity index is 1.59. The van der Waals surface area contributed by atoms with Crippen LogP contribution in [-0.4, -0.2) is 33.6 Å². The fourth-order valence-corrected chi connectivity index (χ4v) is 5.06. The highest BCUT2D eigenvalue weighted by Gasteiger charge is 2.23. The van der Waals surface area contributed by atoms with Crippen molar-refractivity contribution in [3.63, 3.8) is 0 Å². The molecule has 2 aliphatic rings. The molecule has 0 amide bonds. The Kier molecular flexibility index (Phi) is 6.27. The molecule has 1 aliphatic heterocycles. The van der Waals surface area contributed by atoms with E-state index in [9.17, 15) is 20.2 Å². The lowest BCUT2D eigenvalue weighted by Gasteiger charge is -2.16. The molecule has 0 bridgehead atoms. The zero-order valence-electron chi connectivity index (χ0n) is 18.5. The maximum Gasteiger partial charge on any atom is 0.282 e. The van der Waals surface area contributed by atoms with Crippen LogP contribution >= 0.6 is 11.3 Å². The standard InChI is InChI=1S/C23H21N5O6S/c29-27(30)18-8-6-15(7-9-18)20-13-35-23(25-17-4-2-1-3-5-17)26(20)24-12-16-10-21-22(34-14-33-21)11-19(16)28(31)32/h6-13,17H,1-5,14H2. The van der Waals surface area contributed by atoms with Crippen molar-refractivity contribution >= 4 is 28.9 Å². The summed E-state index contributed by atoms with van der Waals surface area (Å²) in [6, 6.07) is 9.21. The smallest absolute Gasteiger partial charge is 0.282 e. The minimum atomic E-state index is -0.494. The van der Waals surface area contributed by atoms with Gasteiger partial charge in [-0.25, -0.2) is 4.68 Å². The molecule has 0 N–H and O–H groups in total. The molecule has 5 rings (SSSR count). The van der Waals surface area contributed by atoms with Gasteiger partial charge in [0.15, 0.2) is 11.5 Å². The molecule has 0 saturated heterocycles. The maximum atomic E-state index is 11.7. The molecule has 0 radical (unpaired) electrons. The molecule has 2 heterocycles. The second-order valence-electron chi connectivity index (χ2n) is 8.21. The molecule has 11 nitrogen and oxygen atoms in total. The number of hydrogen-bond acceptors (Lipinski definition) is 9. The van der Waals surface area contributed by atoms with Crippen LogP contribution in [0.5, 0.6) is 11.5 Å². The fraction of sp³-hybridized carbons (Fsp3) is 0.304. The summed E-state index contributed by atoms with van der Waals surface area (Å²) in [5.74, 6) is 0.728. The summed E-state index contributed by atoms with van der Waals surface area (Å²) in [4.78, 5) is 27.3. The quantitative estimate of drug-likeness (QED) is 0.272. The number of non-ortho nitro benzene ring substituents is 1. The first-order chi connectivity index (χ1) is 17.0. The number of hydrogen-bond donors (Lipinski definition) is 0. The molecular weight excluding hydrogens is 474 g/mol. The van der Waals surface area contributed by atoms with Crippen molar-refractivity contribution in [3.05, 3.63) is 72.4 Å². The van der Waals surface area contributed by atoms with Gasteiger partial charge in [0, 0.05) is 23.1 Å². The summed E-state index contributed by atoms with van der Waals surface area (Å²) in [6.07, 6.45) is 6.87. The van der Waals surface area contributed by atoms with Crippen LogP contribution in [0.4, 0.5) is 11.4 Å². The Morgan fingerprint density at radius 3 is 2.40 bits per heavy atom. The zero-order valence-corrected chi connectivity index (χ0v) is 19.3. The topological polar surface area (TPSA) is 134 Å². The number of aromatic nitrogens is 1. The molecule has 12 heteroatoms. The normalized spacial score (nSPS) is 16.2. The maximum absolute atomic E-state index is 11.7. The Morgan fingerprint density at radius 1 is 1.00 bits per heavy atom. The number of nitro benzene ring substituents is 2. The summed E-state index contributed by atoms with van der Waals surface area (Å²) in [7, 11) is 0. The summed E-state index contributed by atoms with van der Waals surface area (Å²) in [6.45, 7) is 0.00106. The Labute approximate surface area is 203 Å². The first kappa shape index (κ1) is 22.7. The molecule has 3 aromatic rings. The van der Waals surface area contributed by atoms with E-state index < -0.39 is 9.85 Å². The monoisotopic (exact) mass is 495 g/mol. The predicted molar refractivity (Wildman–Crippen MR) is 129 cm³/mol. The van der Waals surface area contributed by atoms with Crippen LogP contribution < -0.4 is 14.3 Å². The van der Waals surface area contributed by atoms with Crippen LogP contribution in [0.25, 0.3) is 11.3 Å². The van der Waals surface area contributed by atoms with Gasteiger partial charge in [-0.2, -0.15) is 5.10 Å². The van der Waals surface area contributed by atoms with Gasteiger partial charge < -0.3 is 9.47 Å². The van der Waals surface area contributed by atoms with Gasteiger partial charge in [0.05, 0.1) is 39.4 Å². The molecule has 180 valence electrons. The number of rotatable bonds is 6. The van der Waals surface area contributed by atoms with Crippen molar-refractivity contribution in [2.75, 3.05) is 6.79 Å². The summed E-state index contributed by atoms with van der Waals surface area (Å²) in [5.41, 5.74) is 1.49. The summed E-state index contributed by atoms with van der Waals surface area (Å²) in [5, 5.41) is 29.2. The minimum absolute atomic E-state index is 0.00106. The number of ether oxygens (including phenoxy) is 2. The minimum Gasteiger partial charge on any atom is -0.454 e. The fourth-order valence-electron chi connectivity index (χ4n) is 4.15. The van der Waals surface area contributed by atoms with E-state index in [1.807, 2.05) is 5.38 Å². The SMILES string of the molecule is O=[N+]([O-])c1ccc(-c2csc(=NC3CCCCC3)n2N=Cc2cc3c(cc2[N+](=O)[O-])OCO3)cc1. The Morgan fingerprint density at radius 2 is 1.71 bits per heavy atom. The van der Waals surface area contributed by atoms with Crippen molar-refractivity contribution < 1.29 is 19.3 Å². The van der Waals surface area contributed by atoms with Crippen LogP contribution in [0, 0.1) is 20.2 Å². The van der Waals surface area contributed by atoms with E-state index in [-0.39, 0.29) is 29.8 Å². The zero-order chi connectivity index (χ0) is 24.4. The molecule has 1 saturated carbocycles. The number of fused-ring (bicyclic) bond motifs is 1. The second-order valence-corrected chi connectivity index (χ2v) is 9.04. The van der Waals surface area contributed by atoms with Crippen LogP contribution in [0.15, 0.2) is 51.9 Å². The molecular formula is C23H21N5O6S. The molecule has 35 heavy (non-hydrogen) atoms. The van der Waals surface area contributed by atoms with Crippen molar-refractivity contribution in [1.82, 2.24) is 4.68 Å². The third-order valence-corrected chi connectivity index (χ3v) is 6.79. The number of thiazole rings is 1. The van der Waals surface area contributed by atoms with Gasteiger partial charge in [0.1, 0.15) is 0 Å². The lowest BCUT2D eigenvalue weighted by atomic mass is 9.96.